The fourth-order valence-electron chi connectivity index (χ4n) is 2.22. The highest BCUT2D eigenvalue weighted by Crippen LogP contribution is 2.23. The van der Waals surface area contributed by atoms with Crippen LogP contribution in [0.2, 0.25) is 0 Å². The minimum Gasteiger partial charge on any atom is -0.217 e. The predicted molar refractivity (Wildman–Crippen MR) is 84.2 cm³/mol. The lowest BCUT2D eigenvalue weighted by Gasteiger charge is -1.99. The number of fused-ring (bicyclic) bond motifs is 1. The molecule has 0 unspecified atom stereocenters. The van der Waals surface area contributed by atoms with Crippen LogP contribution in [0, 0.1) is 5.92 Å². The van der Waals surface area contributed by atoms with Crippen LogP contribution < -0.4 is 0 Å². The van der Waals surface area contributed by atoms with E-state index < -0.39 is 0 Å². The molecule has 4 heteroatoms. The number of aryl methyl sites for hydroxylation is 1. The first-order valence-electron chi connectivity index (χ1n) is 7.10. The number of hydrogen-bond donors (Lipinski definition) is 0. The highest BCUT2D eigenvalue weighted by molar-refractivity contribution is 7.16. The molecule has 0 spiro atoms. The van der Waals surface area contributed by atoms with E-state index in [1.807, 2.05) is 10.7 Å². The largest absolute Gasteiger partial charge is 0.217 e. The molecule has 1 aromatic carbocycles. The Morgan fingerprint density at radius 3 is 2.55 bits per heavy atom. The van der Waals surface area contributed by atoms with Gasteiger partial charge in [0.15, 0.2) is 0 Å². The SMILES string of the molecule is CCc1ccc(-c2cn3nc(CC(C)C)sc3n2)cc1. The van der Waals surface area contributed by atoms with Crippen LogP contribution in [0.1, 0.15) is 31.3 Å². The molecule has 2 aromatic heterocycles. The molecule has 0 N–H and O–H groups in total. The molecule has 0 aliphatic heterocycles. The molecule has 0 aliphatic carbocycles. The minimum absolute atomic E-state index is 0.631. The number of benzene rings is 1. The van der Waals surface area contributed by atoms with E-state index in [1.165, 1.54) is 5.56 Å². The molecule has 0 amide bonds. The Balaban J connectivity index is 1.90. The molecule has 0 aliphatic rings. The number of nitrogens with zero attached hydrogens (tertiary/aromatic N) is 3. The van der Waals surface area contributed by atoms with Gasteiger partial charge in [-0.15, -0.1) is 0 Å². The van der Waals surface area contributed by atoms with E-state index in [1.54, 1.807) is 11.3 Å². The molecule has 0 bridgehead atoms. The summed E-state index contributed by atoms with van der Waals surface area (Å²) in [5.74, 6) is 0.631. The van der Waals surface area contributed by atoms with E-state index >= 15 is 0 Å². The molecular weight excluding hydrogens is 266 g/mol. The van der Waals surface area contributed by atoms with Crippen LogP contribution in [0.25, 0.3) is 16.2 Å². The summed E-state index contributed by atoms with van der Waals surface area (Å²) in [6.45, 7) is 6.59. The van der Waals surface area contributed by atoms with Gasteiger partial charge in [0.25, 0.3) is 0 Å². The van der Waals surface area contributed by atoms with Crippen molar-refractivity contribution in [3.05, 3.63) is 41.0 Å². The smallest absolute Gasteiger partial charge is 0.212 e. The molecule has 3 rings (SSSR count). The lowest BCUT2D eigenvalue weighted by Crippen LogP contribution is -1.94. The molecule has 0 radical (unpaired) electrons. The summed E-state index contributed by atoms with van der Waals surface area (Å²) in [5.41, 5.74) is 3.51. The third-order valence-electron chi connectivity index (χ3n) is 3.33. The van der Waals surface area contributed by atoms with Gasteiger partial charge < -0.3 is 0 Å². The molecule has 0 fully saturated rings. The van der Waals surface area contributed by atoms with Crippen molar-refractivity contribution in [2.24, 2.45) is 5.92 Å². The molecule has 20 heavy (non-hydrogen) atoms. The maximum Gasteiger partial charge on any atom is 0.212 e. The van der Waals surface area contributed by atoms with Crippen molar-refractivity contribution >= 4 is 16.3 Å². The van der Waals surface area contributed by atoms with Crippen molar-refractivity contribution in [1.29, 1.82) is 0 Å². The van der Waals surface area contributed by atoms with Gasteiger partial charge in [0, 0.05) is 12.0 Å². The maximum atomic E-state index is 4.69. The predicted octanol–water partition coefficient (Wildman–Crippen LogP) is 4.22. The van der Waals surface area contributed by atoms with Crippen molar-refractivity contribution in [2.45, 2.75) is 33.6 Å². The highest BCUT2D eigenvalue weighted by Gasteiger charge is 2.10. The summed E-state index contributed by atoms with van der Waals surface area (Å²) in [5, 5.41) is 5.77. The van der Waals surface area contributed by atoms with Crippen LogP contribution in [0.5, 0.6) is 0 Å². The third kappa shape index (κ3) is 2.61. The van der Waals surface area contributed by atoms with E-state index in [-0.39, 0.29) is 0 Å². The number of hydrogen-bond acceptors (Lipinski definition) is 3. The van der Waals surface area contributed by atoms with Gasteiger partial charge >= 0.3 is 0 Å². The topological polar surface area (TPSA) is 30.2 Å². The summed E-state index contributed by atoms with van der Waals surface area (Å²) in [6, 6.07) is 8.61. The van der Waals surface area contributed by atoms with Crippen molar-refractivity contribution < 1.29 is 0 Å². The van der Waals surface area contributed by atoms with E-state index in [4.69, 9.17) is 0 Å². The second-order valence-corrected chi connectivity index (χ2v) is 6.54. The highest BCUT2D eigenvalue weighted by atomic mass is 32.1. The van der Waals surface area contributed by atoms with Crippen LogP contribution in [0.15, 0.2) is 30.5 Å². The molecule has 3 aromatic rings. The van der Waals surface area contributed by atoms with Gasteiger partial charge in [0.1, 0.15) is 5.01 Å². The first-order chi connectivity index (χ1) is 9.65. The quantitative estimate of drug-likeness (QED) is 0.718. The molecule has 0 atom stereocenters. The van der Waals surface area contributed by atoms with Gasteiger partial charge in [0.2, 0.25) is 4.96 Å². The van der Waals surface area contributed by atoms with Crippen LogP contribution >= 0.6 is 11.3 Å². The van der Waals surface area contributed by atoms with E-state index in [0.717, 1.165) is 34.1 Å². The minimum atomic E-state index is 0.631. The van der Waals surface area contributed by atoms with E-state index in [2.05, 4.69) is 55.1 Å². The Morgan fingerprint density at radius 2 is 1.95 bits per heavy atom. The van der Waals surface area contributed by atoms with Crippen LogP contribution in [0.3, 0.4) is 0 Å². The zero-order chi connectivity index (χ0) is 14.1. The third-order valence-corrected chi connectivity index (χ3v) is 4.27. The molecular formula is C16H19N3S. The molecule has 0 saturated heterocycles. The van der Waals surface area contributed by atoms with Crippen molar-refractivity contribution in [3.8, 4) is 11.3 Å². The van der Waals surface area contributed by atoms with Gasteiger partial charge in [-0.25, -0.2) is 9.50 Å². The Labute approximate surface area is 123 Å². The second kappa shape index (κ2) is 5.37. The number of aromatic nitrogens is 3. The van der Waals surface area contributed by atoms with Gasteiger partial charge in [-0.1, -0.05) is 56.4 Å². The lowest BCUT2D eigenvalue weighted by molar-refractivity contribution is 0.637. The lowest BCUT2D eigenvalue weighted by atomic mass is 10.1. The summed E-state index contributed by atoms with van der Waals surface area (Å²) in [4.78, 5) is 5.67. The zero-order valence-electron chi connectivity index (χ0n) is 12.1. The van der Waals surface area contributed by atoms with Crippen molar-refractivity contribution in [2.75, 3.05) is 0 Å². The maximum absolute atomic E-state index is 4.69. The number of imidazole rings is 1. The second-order valence-electron chi connectivity index (χ2n) is 5.50. The van der Waals surface area contributed by atoms with Crippen LogP contribution in [-0.4, -0.2) is 14.6 Å². The average molecular weight is 285 g/mol. The first-order valence-corrected chi connectivity index (χ1v) is 7.91. The molecule has 2 heterocycles. The molecule has 104 valence electrons. The van der Waals surface area contributed by atoms with Crippen molar-refractivity contribution in [1.82, 2.24) is 14.6 Å². The zero-order valence-corrected chi connectivity index (χ0v) is 12.9. The van der Waals surface area contributed by atoms with Gasteiger partial charge in [-0.05, 0) is 17.9 Å². The summed E-state index contributed by atoms with van der Waals surface area (Å²) in [7, 11) is 0. The summed E-state index contributed by atoms with van der Waals surface area (Å²) < 4.78 is 1.91. The monoisotopic (exact) mass is 285 g/mol. The molecule has 0 saturated carbocycles. The Morgan fingerprint density at radius 1 is 1.20 bits per heavy atom. The van der Waals surface area contributed by atoms with Crippen molar-refractivity contribution in [3.63, 3.8) is 0 Å². The Hall–Kier alpha value is -1.68. The molecule has 3 nitrogen and oxygen atoms in total. The fourth-order valence-corrected chi connectivity index (χ4v) is 3.31. The van der Waals surface area contributed by atoms with Gasteiger partial charge in [-0.3, -0.25) is 0 Å². The first kappa shape index (κ1) is 13.3. The average Bonchev–Trinajstić information content (AvgIpc) is 2.96. The van der Waals surface area contributed by atoms with Crippen LogP contribution in [0.4, 0.5) is 0 Å². The standard InChI is InChI=1S/C16H19N3S/c1-4-12-5-7-13(8-6-12)14-10-19-16(17-14)20-15(18-19)9-11(2)3/h5-8,10-11H,4,9H2,1-3H3. The van der Waals surface area contributed by atoms with E-state index in [0.29, 0.717) is 5.92 Å². The van der Waals surface area contributed by atoms with Crippen LogP contribution in [-0.2, 0) is 12.8 Å². The summed E-state index contributed by atoms with van der Waals surface area (Å²) in [6.07, 6.45) is 4.11. The Kier molecular flexibility index (Phi) is 3.57. The van der Waals surface area contributed by atoms with E-state index in [9.17, 15) is 0 Å². The van der Waals surface area contributed by atoms with Gasteiger partial charge in [-0.2, -0.15) is 5.10 Å². The normalized spacial score (nSPS) is 11.6. The fraction of sp³-hybridized carbons (Fsp3) is 0.375. The summed E-state index contributed by atoms with van der Waals surface area (Å²) >= 11 is 1.69. The number of rotatable bonds is 4. The van der Waals surface area contributed by atoms with Gasteiger partial charge in [0.05, 0.1) is 11.9 Å². The Bertz CT molecular complexity index is 675.